The molecule has 0 aromatic heterocycles. The van der Waals surface area contributed by atoms with Gasteiger partial charge in [-0.25, -0.2) is 0 Å². The highest BCUT2D eigenvalue weighted by molar-refractivity contribution is 6.05. The van der Waals surface area contributed by atoms with Gasteiger partial charge in [-0.1, -0.05) is 31.2 Å². The Morgan fingerprint density at radius 1 is 1.06 bits per heavy atom. The summed E-state index contributed by atoms with van der Waals surface area (Å²) in [5.74, 6) is 1.13. The van der Waals surface area contributed by atoms with Crippen LogP contribution in [-0.4, -0.2) is 31.0 Å². The van der Waals surface area contributed by atoms with Crippen molar-refractivity contribution in [2.75, 3.05) is 18.7 Å². The van der Waals surface area contributed by atoms with Crippen molar-refractivity contribution >= 4 is 23.3 Å². The number of Topliss-reactive ketones (excluding diaryl/α,β-unsaturated/α-hetero) is 1. The van der Waals surface area contributed by atoms with Crippen LogP contribution in [0.2, 0.25) is 0 Å². The van der Waals surface area contributed by atoms with Crippen LogP contribution in [0.25, 0.3) is 0 Å². The highest BCUT2D eigenvalue weighted by atomic mass is 16.7. The number of hydrogen-bond acceptors (Lipinski definition) is 6. The quantitative estimate of drug-likeness (QED) is 0.514. The maximum Gasteiger partial charge on any atom is 0.262 e. The summed E-state index contributed by atoms with van der Waals surface area (Å²) in [5.41, 5.74) is 4.15. The van der Waals surface area contributed by atoms with Crippen LogP contribution in [0.1, 0.15) is 56.7 Å². The molecule has 1 aliphatic heterocycles. The third-order valence-corrected chi connectivity index (χ3v) is 6.38. The Kier molecular flexibility index (Phi) is 6.33. The third kappa shape index (κ3) is 4.62. The van der Waals surface area contributed by atoms with Crippen molar-refractivity contribution in [2.45, 2.75) is 32.7 Å². The molecule has 8 nitrogen and oxygen atoms in total. The number of ether oxygens (including phenoxy) is 3. The average molecular weight is 487 g/mol. The molecule has 2 N–H and O–H groups in total. The van der Waals surface area contributed by atoms with Crippen LogP contribution in [0.15, 0.2) is 54.6 Å². The normalized spacial score (nSPS) is 15.4. The fourth-order valence-corrected chi connectivity index (χ4v) is 4.68. The highest BCUT2D eigenvalue weighted by Crippen LogP contribution is 2.40. The van der Waals surface area contributed by atoms with Gasteiger partial charge in [0.15, 0.2) is 23.9 Å². The minimum absolute atomic E-state index is 0.0288. The van der Waals surface area contributed by atoms with Gasteiger partial charge in [0, 0.05) is 13.0 Å². The lowest BCUT2D eigenvalue weighted by Gasteiger charge is -2.14. The Morgan fingerprint density at radius 3 is 2.72 bits per heavy atom. The summed E-state index contributed by atoms with van der Waals surface area (Å²) in [6, 6.07) is 15.9. The van der Waals surface area contributed by atoms with Crippen molar-refractivity contribution in [1.82, 2.24) is 5.32 Å². The first-order valence-corrected chi connectivity index (χ1v) is 11.8. The molecule has 184 valence electrons. The van der Waals surface area contributed by atoms with Gasteiger partial charge in [-0.15, -0.1) is 0 Å². The van der Waals surface area contributed by atoms with Crippen molar-refractivity contribution in [1.29, 1.82) is 0 Å². The van der Waals surface area contributed by atoms with E-state index in [-0.39, 0.29) is 37.6 Å². The summed E-state index contributed by atoms with van der Waals surface area (Å²) < 4.78 is 16.4. The van der Waals surface area contributed by atoms with Crippen molar-refractivity contribution in [3.05, 3.63) is 82.4 Å². The summed E-state index contributed by atoms with van der Waals surface area (Å²) in [5, 5.41) is 5.61. The summed E-state index contributed by atoms with van der Waals surface area (Å²) in [4.78, 5) is 38.0. The molecule has 0 saturated heterocycles. The number of benzene rings is 3. The molecular formula is C28H26N2O6. The van der Waals surface area contributed by atoms with E-state index >= 15 is 0 Å². The fraction of sp³-hybridized carbons (Fsp3) is 0.250. The SMILES string of the molecule is Cc1ccc(OCC(=O)Nc2ccccc2C(=O)NCc2ccc3c(c2)OCO3)c2c1C(C)CC2=O. The number of carbonyl (C=O) groups excluding carboxylic acids is 3. The molecule has 0 spiro atoms. The standard InChI is InChI=1S/C28H26N2O6/c1-16-7-9-23(27-21(31)11-17(2)26(16)27)34-14-25(32)30-20-6-4-3-5-19(20)28(33)29-13-18-8-10-22-24(12-18)36-15-35-22/h3-10,12,17H,11,13-15H2,1-2H3,(H,29,33)(H,30,32). The molecular weight excluding hydrogens is 460 g/mol. The Bertz CT molecular complexity index is 1370. The Morgan fingerprint density at radius 2 is 1.86 bits per heavy atom. The monoisotopic (exact) mass is 486 g/mol. The van der Waals surface area contributed by atoms with Crippen LogP contribution in [0.3, 0.4) is 0 Å². The maximum absolute atomic E-state index is 12.9. The number of ketones is 1. The molecule has 1 heterocycles. The van der Waals surface area contributed by atoms with Crippen molar-refractivity contribution in [3.8, 4) is 17.2 Å². The van der Waals surface area contributed by atoms with Gasteiger partial charge in [-0.3, -0.25) is 14.4 Å². The Balaban J connectivity index is 1.22. The zero-order valence-corrected chi connectivity index (χ0v) is 20.1. The molecule has 1 atom stereocenters. The van der Waals surface area contributed by atoms with Crippen LogP contribution in [0.4, 0.5) is 5.69 Å². The van der Waals surface area contributed by atoms with Gasteiger partial charge >= 0.3 is 0 Å². The number of aryl methyl sites for hydroxylation is 1. The molecule has 0 radical (unpaired) electrons. The highest BCUT2D eigenvalue weighted by Gasteiger charge is 2.31. The zero-order valence-electron chi connectivity index (χ0n) is 20.1. The van der Waals surface area contributed by atoms with Crippen molar-refractivity contribution in [2.24, 2.45) is 0 Å². The van der Waals surface area contributed by atoms with Gasteiger partial charge in [0.25, 0.3) is 11.8 Å². The van der Waals surface area contributed by atoms with E-state index in [0.29, 0.717) is 40.5 Å². The Labute approximate surface area is 208 Å². The number of para-hydroxylation sites is 1. The van der Waals surface area contributed by atoms with E-state index < -0.39 is 5.91 Å². The molecule has 3 aromatic rings. The molecule has 0 bridgehead atoms. The maximum atomic E-state index is 12.9. The topological polar surface area (TPSA) is 103 Å². The lowest BCUT2D eigenvalue weighted by molar-refractivity contribution is -0.118. The van der Waals surface area contributed by atoms with E-state index in [0.717, 1.165) is 16.7 Å². The molecule has 5 rings (SSSR count). The molecule has 1 aliphatic carbocycles. The first kappa shape index (κ1) is 23.4. The molecule has 2 amide bonds. The molecule has 8 heteroatoms. The number of anilines is 1. The minimum Gasteiger partial charge on any atom is -0.483 e. The predicted molar refractivity (Wildman–Crippen MR) is 133 cm³/mol. The number of nitrogens with one attached hydrogen (secondary N) is 2. The molecule has 1 unspecified atom stereocenters. The van der Waals surface area contributed by atoms with E-state index in [2.05, 4.69) is 10.6 Å². The summed E-state index contributed by atoms with van der Waals surface area (Å²) in [6.07, 6.45) is 0.442. The molecule has 3 aromatic carbocycles. The van der Waals surface area contributed by atoms with E-state index in [1.54, 1.807) is 36.4 Å². The predicted octanol–water partition coefficient (Wildman–Crippen LogP) is 4.36. The van der Waals surface area contributed by atoms with E-state index in [1.807, 2.05) is 32.0 Å². The van der Waals surface area contributed by atoms with Gasteiger partial charge in [0.05, 0.1) is 16.8 Å². The Hall–Kier alpha value is -4.33. The lowest BCUT2D eigenvalue weighted by Crippen LogP contribution is -2.26. The second-order valence-electron chi connectivity index (χ2n) is 8.95. The van der Waals surface area contributed by atoms with Crippen LogP contribution in [0, 0.1) is 6.92 Å². The fourth-order valence-electron chi connectivity index (χ4n) is 4.68. The minimum atomic E-state index is -0.432. The van der Waals surface area contributed by atoms with Gasteiger partial charge in [-0.05, 0) is 59.9 Å². The smallest absolute Gasteiger partial charge is 0.262 e. The van der Waals surface area contributed by atoms with Gasteiger partial charge in [0.2, 0.25) is 6.79 Å². The second-order valence-corrected chi connectivity index (χ2v) is 8.95. The summed E-state index contributed by atoms with van der Waals surface area (Å²) in [6.45, 7) is 4.17. The van der Waals surface area contributed by atoms with Crippen LogP contribution in [0.5, 0.6) is 17.2 Å². The molecule has 36 heavy (non-hydrogen) atoms. The molecule has 2 aliphatic rings. The number of hydrogen-bond donors (Lipinski definition) is 2. The second kappa shape index (κ2) is 9.73. The summed E-state index contributed by atoms with van der Waals surface area (Å²) in [7, 11) is 0. The van der Waals surface area contributed by atoms with Crippen LogP contribution >= 0.6 is 0 Å². The number of amides is 2. The van der Waals surface area contributed by atoms with Gasteiger partial charge in [-0.2, -0.15) is 0 Å². The first-order valence-electron chi connectivity index (χ1n) is 11.8. The largest absolute Gasteiger partial charge is 0.483 e. The molecule has 0 fully saturated rings. The average Bonchev–Trinajstić information content (AvgIpc) is 3.46. The van der Waals surface area contributed by atoms with Gasteiger partial charge in [0.1, 0.15) is 5.75 Å². The van der Waals surface area contributed by atoms with E-state index in [4.69, 9.17) is 14.2 Å². The zero-order chi connectivity index (χ0) is 25.2. The van der Waals surface area contributed by atoms with Crippen molar-refractivity contribution < 1.29 is 28.6 Å². The number of rotatable bonds is 7. The first-order chi connectivity index (χ1) is 17.4. The van der Waals surface area contributed by atoms with Crippen molar-refractivity contribution in [3.63, 3.8) is 0 Å². The van der Waals surface area contributed by atoms with Crippen LogP contribution in [-0.2, 0) is 11.3 Å². The number of fused-ring (bicyclic) bond motifs is 2. The molecule has 0 saturated carbocycles. The summed E-state index contributed by atoms with van der Waals surface area (Å²) >= 11 is 0. The number of carbonyl (C=O) groups is 3. The third-order valence-electron chi connectivity index (χ3n) is 6.38. The van der Waals surface area contributed by atoms with E-state index in [1.165, 1.54) is 0 Å². The lowest BCUT2D eigenvalue weighted by atomic mass is 9.97. The van der Waals surface area contributed by atoms with Crippen LogP contribution < -0.4 is 24.8 Å². The van der Waals surface area contributed by atoms with E-state index in [9.17, 15) is 14.4 Å². The van der Waals surface area contributed by atoms with Gasteiger partial charge < -0.3 is 24.8 Å².